The lowest BCUT2D eigenvalue weighted by Gasteiger charge is -2.46. The Labute approximate surface area is 254 Å². The Balaban J connectivity index is 1.52. The van der Waals surface area contributed by atoms with E-state index in [-0.39, 0.29) is 13.2 Å². The highest BCUT2D eigenvalue weighted by molar-refractivity contribution is 6.11. The predicted molar refractivity (Wildman–Crippen MR) is 161 cm³/mol. The summed E-state index contributed by atoms with van der Waals surface area (Å²) in [7, 11) is 0. The van der Waals surface area contributed by atoms with Gasteiger partial charge in [0.15, 0.2) is 0 Å². The number of hydrogen-bond donors (Lipinski definition) is 3. The highest BCUT2D eigenvalue weighted by Crippen LogP contribution is 2.64. The number of benzene rings is 4. The summed E-state index contributed by atoms with van der Waals surface area (Å²) in [6, 6.07) is 31.1. The molecule has 4 aromatic rings. The molecule has 0 aromatic heterocycles. The zero-order valence-electron chi connectivity index (χ0n) is 23.7. The fourth-order valence-corrected chi connectivity index (χ4v) is 7.49. The third kappa shape index (κ3) is 4.11. The van der Waals surface area contributed by atoms with E-state index in [2.05, 4.69) is 5.32 Å². The molecule has 0 saturated carbocycles. The summed E-state index contributed by atoms with van der Waals surface area (Å²) in [4.78, 5) is 44.3. The van der Waals surface area contributed by atoms with Gasteiger partial charge in [0.05, 0.1) is 24.6 Å². The number of aliphatic hydroxyl groups excluding tert-OH is 1. The summed E-state index contributed by atoms with van der Waals surface area (Å²) in [5.41, 5.74) is 8.16. The van der Waals surface area contributed by atoms with Gasteiger partial charge in [-0.05, 0) is 40.5 Å². The molecule has 3 aliphatic rings. The molecule has 3 heterocycles. The number of nitrogens with two attached hydrogens (primary N) is 1. The normalized spacial score (nSPS) is 27.3. The summed E-state index contributed by atoms with van der Waals surface area (Å²) < 4.78 is 11.9. The predicted octanol–water partition coefficient (Wildman–Crippen LogP) is 3.81. The Kier molecular flexibility index (Phi) is 6.91. The summed E-state index contributed by atoms with van der Waals surface area (Å²) in [5.74, 6) is -2.49. The van der Waals surface area contributed by atoms with Gasteiger partial charge in [0.2, 0.25) is 11.8 Å². The second-order valence-electron chi connectivity index (χ2n) is 11.3. The van der Waals surface area contributed by atoms with Crippen LogP contribution in [-0.4, -0.2) is 47.0 Å². The van der Waals surface area contributed by atoms with Crippen LogP contribution in [0.2, 0.25) is 0 Å². The number of para-hydroxylation sites is 1. The van der Waals surface area contributed by atoms with Crippen LogP contribution in [0.1, 0.15) is 40.4 Å². The number of primary amides is 1. The molecule has 6 atom stereocenters. The van der Waals surface area contributed by atoms with Crippen LogP contribution in [0, 0.1) is 5.92 Å². The van der Waals surface area contributed by atoms with Crippen molar-refractivity contribution < 1.29 is 29.0 Å². The molecule has 2 saturated heterocycles. The number of amides is 2. The van der Waals surface area contributed by atoms with Gasteiger partial charge in [-0.15, -0.1) is 0 Å². The lowest BCUT2D eigenvalue weighted by atomic mass is 9.65. The van der Waals surface area contributed by atoms with Crippen molar-refractivity contribution in [1.29, 1.82) is 0 Å². The van der Waals surface area contributed by atoms with Gasteiger partial charge in [-0.1, -0.05) is 91.0 Å². The standard InChI is InChI=1S/C35H31N3O6/c36-32(40)27-29-33(41)44-30(22-11-5-2-6-12-22)28(21-9-3-1-4-10-21)38(29)31(23-15-17-24(18-16-23)43-20-19-39)35(27)25-13-7-8-14-26(25)37-34(35)42/h1-18,27-31,39H,19-20H2,(H2,36,40)(H,37,42)/t27-,28-,29-,30+,31+,35-/m0/s1. The number of esters is 1. The molecular weight excluding hydrogens is 558 g/mol. The van der Waals surface area contributed by atoms with Gasteiger partial charge in [-0.2, -0.15) is 0 Å². The maximum Gasteiger partial charge on any atom is 0.324 e. The maximum absolute atomic E-state index is 14.5. The van der Waals surface area contributed by atoms with Crippen molar-refractivity contribution in [3.05, 3.63) is 131 Å². The van der Waals surface area contributed by atoms with E-state index in [0.29, 0.717) is 22.6 Å². The molecule has 0 bridgehead atoms. The van der Waals surface area contributed by atoms with Gasteiger partial charge >= 0.3 is 5.97 Å². The molecule has 1 spiro atoms. The molecule has 0 aliphatic carbocycles. The number of hydrogen-bond acceptors (Lipinski definition) is 7. The first-order chi connectivity index (χ1) is 21.5. The number of cyclic esters (lactones) is 1. The zero-order valence-corrected chi connectivity index (χ0v) is 23.7. The third-order valence-electron chi connectivity index (χ3n) is 9.08. The van der Waals surface area contributed by atoms with E-state index in [4.69, 9.17) is 15.2 Å². The molecule has 0 unspecified atom stereocenters. The number of nitrogens with one attached hydrogen (secondary N) is 1. The van der Waals surface area contributed by atoms with Crippen molar-refractivity contribution in [2.75, 3.05) is 18.5 Å². The zero-order chi connectivity index (χ0) is 30.4. The second-order valence-corrected chi connectivity index (χ2v) is 11.3. The molecule has 2 fully saturated rings. The van der Waals surface area contributed by atoms with Crippen molar-refractivity contribution in [2.24, 2.45) is 11.7 Å². The van der Waals surface area contributed by atoms with Gasteiger partial charge in [0.25, 0.3) is 0 Å². The highest BCUT2D eigenvalue weighted by Gasteiger charge is 2.73. The van der Waals surface area contributed by atoms with E-state index in [9.17, 15) is 19.5 Å². The number of aliphatic hydroxyl groups is 1. The Bertz CT molecular complexity index is 1710. The highest BCUT2D eigenvalue weighted by atomic mass is 16.6. The Morgan fingerprint density at radius 2 is 1.48 bits per heavy atom. The molecule has 4 aromatic carbocycles. The van der Waals surface area contributed by atoms with Crippen LogP contribution in [-0.2, 0) is 24.5 Å². The van der Waals surface area contributed by atoms with Crippen molar-refractivity contribution in [1.82, 2.24) is 4.90 Å². The number of ether oxygens (including phenoxy) is 2. The molecule has 4 N–H and O–H groups in total. The van der Waals surface area contributed by atoms with Crippen molar-refractivity contribution >= 4 is 23.5 Å². The van der Waals surface area contributed by atoms with E-state index in [0.717, 1.165) is 11.1 Å². The summed E-state index contributed by atoms with van der Waals surface area (Å²) >= 11 is 0. The van der Waals surface area contributed by atoms with Gasteiger partial charge < -0.3 is 25.6 Å². The number of morpholine rings is 1. The Hall–Kier alpha value is -4.99. The van der Waals surface area contributed by atoms with Gasteiger partial charge in [-0.3, -0.25) is 19.3 Å². The first kappa shape index (κ1) is 27.8. The van der Waals surface area contributed by atoms with E-state index < -0.39 is 53.3 Å². The molecule has 9 nitrogen and oxygen atoms in total. The molecule has 0 radical (unpaired) electrons. The van der Waals surface area contributed by atoms with Crippen LogP contribution < -0.4 is 15.8 Å². The molecular formula is C35H31N3O6. The minimum atomic E-state index is -1.54. The second kappa shape index (κ2) is 10.9. The number of carbonyl (C=O) groups excluding carboxylic acids is 3. The fourth-order valence-electron chi connectivity index (χ4n) is 7.49. The SMILES string of the molecule is NC(=O)[C@@H]1[C@H]2C(=O)O[C@H](c3ccccc3)[C@H](c3ccccc3)N2[C@H](c2ccc(OCCO)cc2)[C@@]12C(=O)Nc1ccccc12. The van der Waals surface area contributed by atoms with Crippen molar-refractivity contribution in [2.45, 2.75) is 29.6 Å². The first-order valence-electron chi connectivity index (χ1n) is 14.6. The topological polar surface area (TPSA) is 131 Å². The maximum atomic E-state index is 14.5. The van der Waals surface area contributed by atoms with Gasteiger partial charge in [0, 0.05) is 5.69 Å². The van der Waals surface area contributed by atoms with Gasteiger partial charge in [0.1, 0.15) is 29.9 Å². The summed E-state index contributed by atoms with van der Waals surface area (Å²) in [6.45, 7) is -0.0109. The van der Waals surface area contributed by atoms with Crippen LogP contribution in [0.25, 0.3) is 0 Å². The van der Waals surface area contributed by atoms with Crippen LogP contribution in [0.15, 0.2) is 109 Å². The molecule has 222 valence electrons. The first-order valence-corrected chi connectivity index (χ1v) is 14.6. The number of carbonyl (C=O) groups is 3. The lowest BCUT2D eigenvalue weighted by molar-refractivity contribution is -0.178. The monoisotopic (exact) mass is 589 g/mol. The summed E-state index contributed by atoms with van der Waals surface area (Å²) in [6.07, 6.45) is -0.736. The van der Waals surface area contributed by atoms with Crippen molar-refractivity contribution in [3.63, 3.8) is 0 Å². The largest absolute Gasteiger partial charge is 0.491 e. The average molecular weight is 590 g/mol. The number of anilines is 1. The van der Waals surface area contributed by atoms with Crippen LogP contribution in [0.4, 0.5) is 5.69 Å². The lowest BCUT2D eigenvalue weighted by Crippen LogP contribution is -2.53. The molecule has 2 amide bonds. The van der Waals surface area contributed by atoms with Crippen LogP contribution in [0.5, 0.6) is 5.75 Å². The molecule has 3 aliphatic heterocycles. The minimum absolute atomic E-state index is 0.126. The number of rotatable bonds is 7. The number of fused-ring (bicyclic) bond motifs is 3. The Morgan fingerprint density at radius 1 is 0.841 bits per heavy atom. The van der Waals surface area contributed by atoms with Crippen LogP contribution >= 0.6 is 0 Å². The van der Waals surface area contributed by atoms with Crippen LogP contribution in [0.3, 0.4) is 0 Å². The smallest absolute Gasteiger partial charge is 0.324 e. The molecule has 44 heavy (non-hydrogen) atoms. The number of nitrogens with zero attached hydrogens (tertiary/aromatic N) is 1. The minimum Gasteiger partial charge on any atom is -0.491 e. The third-order valence-corrected chi connectivity index (χ3v) is 9.08. The van der Waals surface area contributed by atoms with E-state index >= 15 is 0 Å². The van der Waals surface area contributed by atoms with E-state index in [1.165, 1.54) is 0 Å². The molecule has 9 heteroatoms. The molecule has 7 rings (SSSR count). The average Bonchev–Trinajstić information content (AvgIpc) is 3.53. The fraction of sp³-hybridized carbons (Fsp3) is 0.229. The van der Waals surface area contributed by atoms with E-state index in [1.54, 1.807) is 18.2 Å². The van der Waals surface area contributed by atoms with Gasteiger partial charge in [-0.25, -0.2) is 0 Å². The summed E-state index contributed by atoms with van der Waals surface area (Å²) in [5, 5.41) is 12.2. The van der Waals surface area contributed by atoms with E-state index in [1.807, 2.05) is 95.9 Å². The quantitative estimate of drug-likeness (QED) is 0.280. The Morgan fingerprint density at radius 3 is 2.14 bits per heavy atom. The van der Waals surface area contributed by atoms with Crippen molar-refractivity contribution in [3.8, 4) is 5.75 Å².